The van der Waals surface area contributed by atoms with Gasteiger partial charge in [0.1, 0.15) is 0 Å². The number of aryl methyl sites for hydroxylation is 1. The van der Waals surface area contributed by atoms with Gasteiger partial charge in [-0.25, -0.2) is 0 Å². The van der Waals surface area contributed by atoms with Crippen molar-refractivity contribution in [3.8, 4) is 0 Å². The van der Waals surface area contributed by atoms with Crippen LogP contribution < -0.4 is 0 Å². The number of pyridine rings is 1. The average molecular weight is 258 g/mol. The summed E-state index contributed by atoms with van der Waals surface area (Å²) in [6.45, 7) is 6.41. The van der Waals surface area contributed by atoms with E-state index >= 15 is 0 Å². The van der Waals surface area contributed by atoms with E-state index in [1.54, 1.807) is 18.6 Å². The van der Waals surface area contributed by atoms with Crippen molar-refractivity contribution in [3.63, 3.8) is 0 Å². The molecule has 100 valence electrons. The number of hydrogen-bond acceptors (Lipinski definition) is 3. The molecule has 5 heteroatoms. The molecule has 0 aliphatic heterocycles. The highest BCUT2D eigenvalue weighted by molar-refractivity contribution is 5.95. The maximum absolute atomic E-state index is 12.5. The summed E-state index contributed by atoms with van der Waals surface area (Å²) in [5.74, 6) is -0.00916. The monoisotopic (exact) mass is 258 g/mol. The van der Waals surface area contributed by atoms with Crippen LogP contribution in [0.5, 0.6) is 0 Å². The predicted molar refractivity (Wildman–Crippen MR) is 72.6 cm³/mol. The molecule has 0 spiro atoms. The molecule has 19 heavy (non-hydrogen) atoms. The second-order valence-corrected chi connectivity index (χ2v) is 4.80. The van der Waals surface area contributed by atoms with Gasteiger partial charge in [0.15, 0.2) is 0 Å². The first kappa shape index (κ1) is 13.3. The molecule has 0 fully saturated rings. The number of nitrogens with zero attached hydrogens (tertiary/aromatic N) is 3. The molecule has 2 aromatic heterocycles. The number of aromatic nitrogens is 3. The molecule has 0 aromatic carbocycles. The summed E-state index contributed by atoms with van der Waals surface area (Å²) in [4.78, 5) is 18.4. The fourth-order valence-electron chi connectivity index (χ4n) is 1.90. The second-order valence-electron chi connectivity index (χ2n) is 4.80. The molecule has 0 unspecified atom stereocenters. The summed E-state index contributed by atoms with van der Waals surface area (Å²) in [7, 11) is 0. The molecule has 0 radical (unpaired) electrons. The molecule has 5 nitrogen and oxygen atoms in total. The van der Waals surface area contributed by atoms with Crippen molar-refractivity contribution in [1.82, 2.24) is 20.1 Å². The Morgan fingerprint density at radius 2 is 2.21 bits per heavy atom. The Balaban J connectivity index is 2.22. The molecule has 0 atom stereocenters. The Kier molecular flexibility index (Phi) is 3.94. The van der Waals surface area contributed by atoms with Crippen LogP contribution in [0.15, 0.2) is 30.7 Å². The molecule has 0 aliphatic carbocycles. The van der Waals surface area contributed by atoms with Crippen molar-refractivity contribution < 1.29 is 4.79 Å². The molecule has 0 saturated heterocycles. The fraction of sp³-hybridized carbons (Fsp3) is 0.357. The SMILES string of the molecule is Cc1[nH]ncc1C(=O)N(Cc1cccnc1)C(C)C. The maximum Gasteiger partial charge on any atom is 0.257 e. The number of H-pyrrole nitrogens is 1. The van der Waals surface area contributed by atoms with Crippen LogP contribution >= 0.6 is 0 Å². The highest BCUT2D eigenvalue weighted by Gasteiger charge is 2.21. The molecular weight excluding hydrogens is 240 g/mol. The van der Waals surface area contributed by atoms with E-state index in [0.29, 0.717) is 12.1 Å². The number of hydrogen-bond donors (Lipinski definition) is 1. The summed E-state index contributed by atoms with van der Waals surface area (Å²) >= 11 is 0. The minimum Gasteiger partial charge on any atom is -0.332 e. The molecule has 1 amide bonds. The molecule has 0 saturated carbocycles. The first-order chi connectivity index (χ1) is 9.09. The lowest BCUT2D eigenvalue weighted by Crippen LogP contribution is -2.36. The molecule has 2 heterocycles. The normalized spacial score (nSPS) is 10.7. The minimum absolute atomic E-state index is 0.00916. The van der Waals surface area contributed by atoms with Crippen molar-refractivity contribution in [2.75, 3.05) is 0 Å². The zero-order valence-corrected chi connectivity index (χ0v) is 11.4. The van der Waals surface area contributed by atoms with Crippen LogP contribution in [-0.4, -0.2) is 32.0 Å². The highest BCUT2D eigenvalue weighted by atomic mass is 16.2. The van der Waals surface area contributed by atoms with Crippen LogP contribution in [-0.2, 0) is 6.54 Å². The van der Waals surface area contributed by atoms with E-state index in [0.717, 1.165) is 11.3 Å². The number of amides is 1. The van der Waals surface area contributed by atoms with Gasteiger partial charge in [0.25, 0.3) is 5.91 Å². The first-order valence-electron chi connectivity index (χ1n) is 6.29. The smallest absolute Gasteiger partial charge is 0.257 e. The van der Waals surface area contributed by atoms with Gasteiger partial charge in [-0.1, -0.05) is 6.07 Å². The molecule has 1 N–H and O–H groups in total. The van der Waals surface area contributed by atoms with Gasteiger partial charge in [0.2, 0.25) is 0 Å². The Labute approximate surface area is 112 Å². The number of rotatable bonds is 4. The van der Waals surface area contributed by atoms with Crippen LogP contribution in [0.4, 0.5) is 0 Å². The summed E-state index contributed by atoms with van der Waals surface area (Å²) < 4.78 is 0. The zero-order chi connectivity index (χ0) is 13.8. The van der Waals surface area contributed by atoms with Gasteiger partial charge in [-0.15, -0.1) is 0 Å². The van der Waals surface area contributed by atoms with Gasteiger partial charge in [0.05, 0.1) is 11.8 Å². The number of nitrogens with one attached hydrogen (secondary N) is 1. The molecule has 2 rings (SSSR count). The lowest BCUT2D eigenvalue weighted by Gasteiger charge is -2.26. The fourth-order valence-corrected chi connectivity index (χ4v) is 1.90. The summed E-state index contributed by atoms with van der Waals surface area (Å²) in [5.41, 5.74) is 2.44. The third-order valence-corrected chi connectivity index (χ3v) is 3.02. The third-order valence-electron chi connectivity index (χ3n) is 3.02. The summed E-state index contributed by atoms with van der Waals surface area (Å²) in [6, 6.07) is 3.96. The highest BCUT2D eigenvalue weighted by Crippen LogP contribution is 2.14. The number of carbonyl (C=O) groups is 1. The number of carbonyl (C=O) groups excluding carboxylic acids is 1. The van der Waals surface area contributed by atoms with Gasteiger partial charge in [-0.05, 0) is 32.4 Å². The van der Waals surface area contributed by atoms with E-state index in [9.17, 15) is 4.79 Å². The van der Waals surface area contributed by atoms with Crippen LogP contribution in [0.25, 0.3) is 0 Å². The lowest BCUT2D eigenvalue weighted by molar-refractivity contribution is 0.0689. The topological polar surface area (TPSA) is 61.9 Å². The van der Waals surface area contributed by atoms with Crippen LogP contribution in [0.3, 0.4) is 0 Å². The van der Waals surface area contributed by atoms with Gasteiger partial charge in [-0.2, -0.15) is 5.10 Å². The Hall–Kier alpha value is -2.17. The number of aromatic amines is 1. The van der Waals surface area contributed by atoms with Crippen LogP contribution in [0, 0.1) is 6.92 Å². The minimum atomic E-state index is -0.00916. The van der Waals surface area contributed by atoms with Crippen molar-refractivity contribution in [3.05, 3.63) is 47.5 Å². The lowest BCUT2D eigenvalue weighted by atomic mass is 10.1. The van der Waals surface area contributed by atoms with Crippen LogP contribution in [0.2, 0.25) is 0 Å². The van der Waals surface area contributed by atoms with Crippen molar-refractivity contribution in [2.45, 2.75) is 33.4 Å². The van der Waals surface area contributed by atoms with E-state index in [2.05, 4.69) is 15.2 Å². The Bertz CT molecular complexity index is 548. The quantitative estimate of drug-likeness (QED) is 0.914. The van der Waals surface area contributed by atoms with Gasteiger partial charge in [-0.3, -0.25) is 14.9 Å². The van der Waals surface area contributed by atoms with Gasteiger partial charge < -0.3 is 4.90 Å². The second kappa shape index (κ2) is 5.65. The van der Waals surface area contributed by atoms with E-state index in [-0.39, 0.29) is 11.9 Å². The van der Waals surface area contributed by atoms with E-state index in [1.165, 1.54) is 0 Å². The van der Waals surface area contributed by atoms with Crippen molar-refractivity contribution in [2.24, 2.45) is 0 Å². The third kappa shape index (κ3) is 2.99. The Morgan fingerprint density at radius 3 is 2.74 bits per heavy atom. The summed E-state index contributed by atoms with van der Waals surface area (Å²) in [6.07, 6.45) is 5.09. The van der Waals surface area contributed by atoms with E-state index in [1.807, 2.05) is 37.8 Å². The standard InChI is InChI=1S/C14H18N4O/c1-10(2)18(9-12-5-4-6-15-7-12)14(19)13-8-16-17-11(13)3/h4-8,10H,9H2,1-3H3,(H,16,17). The predicted octanol–water partition coefficient (Wildman–Crippen LogP) is 2.16. The van der Waals surface area contributed by atoms with E-state index < -0.39 is 0 Å². The summed E-state index contributed by atoms with van der Waals surface area (Å²) in [5, 5.41) is 6.70. The first-order valence-corrected chi connectivity index (χ1v) is 6.29. The Morgan fingerprint density at radius 1 is 1.42 bits per heavy atom. The maximum atomic E-state index is 12.5. The molecule has 2 aromatic rings. The van der Waals surface area contributed by atoms with Gasteiger partial charge >= 0.3 is 0 Å². The van der Waals surface area contributed by atoms with Gasteiger partial charge in [0, 0.05) is 30.7 Å². The molecule has 0 aliphatic rings. The average Bonchev–Trinajstić information content (AvgIpc) is 2.82. The zero-order valence-electron chi connectivity index (χ0n) is 11.4. The molecular formula is C14H18N4O. The van der Waals surface area contributed by atoms with E-state index in [4.69, 9.17) is 0 Å². The van der Waals surface area contributed by atoms with Crippen molar-refractivity contribution in [1.29, 1.82) is 0 Å². The van der Waals surface area contributed by atoms with Crippen molar-refractivity contribution >= 4 is 5.91 Å². The largest absolute Gasteiger partial charge is 0.332 e. The van der Waals surface area contributed by atoms with Crippen LogP contribution in [0.1, 0.15) is 35.5 Å². The molecule has 0 bridgehead atoms.